The van der Waals surface area contributed by atoms with Crippen LogP contribution in [-0.4, -0.2) is 34.9 Å². The molecule has 1 aliphatic carbocycles. The number of fused-ring (bicyclic) bond motifs is 13. The number of aryl methyl sites for hydroxylation is 1. The van der Waals surface area contributed by atoms with Crippen LogP contribution in [0.25, 0.3) is 100 Å². The van der Waals surface area contributed by atoms with Gasteiger partial charge in [0.25, 0.3) is 0 Å². The summed E-state index contributed by atoms with van der Waals surface area (Å²) in [4.78, 5) is 5.37. The number of para-hydroxylation sites is 6. The molecule has 92 heavy (non-hydrogen) atoms. The summed E-state index contributed by atoms with van der Waals surface area (Å²) in [6.45, 7) is 3.56. The lowest BCUT2D eigenvalue weighted by Crippen LogP contribution is -2.86. The summed E-state index contributed by atoms with van der Waals surface area (Å²) in [5.74, 6) is 4.01. The molecule has 1 fully saturated rings. The third-order valence-electron chi connectivity index (χ3n) is 19.0. The number of imidazole rings is 2. The maximum Gasteiger partial charge on any atom is 0.388 e. The normalized spacial score (nSPS) is 12.8. The van der Waals surface area contributed by atoms with Crippen molar-refractivity contribution in [3.05, 3.63) is 332 Å². The molecule has 1 aliphatic heterocycles. The quantitative estimate of drug-likeness (QED) is 0.106. The molecule has 15 aromatic rings. The summed E-state index contributed by atoms with van der Waals surface area (Å²) >= 11 is 0. The van der Waals surface area contributed by atoms with Crippen molar-refractivity contribution in [3.63, 3.8) is 0 Å². The summed E-state index contributed by atoms with van der Waals surface area (Å²) in [6, 6.07) is 115. The number of aromatic nitrogens is 3. The van der Waals surface area contributed by atoms with Crippen LogP contribution < -0.4 is 30.6 Å². The lowest BCUT2D eigenvalue weighted by molar-refractivity contribution is 1.11. The summed E-state index contributed by atoms with van der Waals surface area (Å²) < 4.78 is 12.5. The number of anilines is 3. The van der Waals surface area contributed by atoms with Crippen LogP contribution in [0, 0.1) is 26.2 Å². The molecule has 3 heterocycles. The van der Waals surface area contributed by atoms with Crippen LogP contribution in [0.2, 0.25) is 0 Å². The van der Waals surface area contributed by atoms with Gasteiger partial charge in [0.2, 0.25) is 5.78 Å². The van der Waals surface area contributed by atoms with Crippen LogP contribution in [0.15, 0.2) is 315 Å². The van der Waals surface area contributed by atoms with E-state index in [2.05, 4.69) is 358 Å². The van der Waals surface area contributed by atoms with E-state index in [1.807, 2.05) is 0 Å². The zero-order valence-corrected chi connectivity index (χ0v) is 51.0. The molecule has 9 heteroatoms. The summed E-state index contributed by atoms with van der Waals surface area (Å²) in [6.07, 6.45) is 6.58. The number of terminal acetylenes is 1. The first-order valence-corrected chi connectivity index (χ1v) is 31.6. The highest BCUT2D eigenvalue weighted by molar-refractivity contribution is 7.14. The van der Waals surface area contributed by atoms with Crippen LogP contribution in [0.1, 0.15) is 16.7 Å². The largest absolute Gasteiger partial charge is 0.416 e. The van der Waals surface area contributed by atoms with E-state index in [1.54, 1.807) is 0 Å². The molecule has 0 spiro atoms. The maximum absolute atomic E-state index is 6.58. The van der Waals surface area contributed by atoms with Gasteiger partial charge in [-0.15, -0.1) is 6.42 Å². The number of hydrogen-bond acceptors (Lipinski definition) is 4. The summed E-state index contributed by atoms with van der Waals surface area (Å²) in [7, 11) is 0. The van der Waals surface area contributed by atoms with Crippen LogP contribution in [0.4, 0.5) is 17.1 Å². The van der Waals surface area contributed by atoms with E-state index in [4.69, 9.17) is 11.4 Å². The molecule has 2 aromatic heterocycles. The van der Waals surface area contributed by atoms with Gasteiger partial charge in [-0.1, -0.05) is 236 Å². The number of nitrogens with zero attached hydrogens (tertiary/aromatic N) is 6. The molecule has 0 unspecified atom stereocenters. The highest BCUT2D eigenvalue weighted by Crippen LogP contribution is 2.50. The summed E-state index contributed by atoms with van der Waals surface area (Å²) in [5, 5.41) is 0. The molecule has 0 amide bonds. The monoisotopic (exact) mass is 1170 g/mol. The second-order valence-corrected chi connectivity index (χ2v) is 24.2. The first-order valence-electron chi connectivity index (χ1n) is 31.6. The smallest absolute Gasteiger partial charge is 0.388 e. The Morgan fingerprint density at radius 3 is 1.27 bits per heavy atom. The van der Waals surface area contributed by atoms with Gasteiger partial charge in [-0.2, -0.15) is 0 Å². The fraction of sp³-hybridized carbons (Fsp3) is 0.0241. The molecule has 0 saturated carbocycles. The van der Waals surface area contributed by atoms with E-state index in [1.165, 1.54) is 33.2 Å². The fourth-order valence-corrected chi connectivity index (χ4v) is 15.0. The Balaban J connectivity index is 0.836. The van der Waals surface area contributed by atoms with Crippen molar-refractivity contribution in [2.24, 2.45) is 0 Å². The molecule has 0 bridgehead atoms. The first kappa shape index (κ1) is 54.4. The lowest BCUT2D eigenvalue weighted by Gasteiger charge is -2.57. The topological polar surface area (TPSA) is 32.0 Å². The SMILES string of the molecule is C#Cc1cc(-c2cccc(B3N(c4ccccc4)B(c4ccccc4)N(c4ccccc4)B(c4ccccc4)N3c3ccccc3)c2)c(C)c(-c2ccc3c(c2)-c2ccccc2-c2cc(-n4c5ccccc5n5c6cccc(C)c6nc45)ccc2-c2ccccc2-3)c1. The highest BCUT2D eigenvalue weighted by Gasteiger charge is 2.56. The van der Waals surface area contributed by atoms with E-state index < -0.39 is 0 Å². The Labute approximate surface area is 538 Å². The molecular formula is C83H59B3N6. The van der Waals surface area contributed by atoms with Crippen LogP contribution in [0.3, 0.4) is 0 Å². The minimum Gasteiger partial charge on any atom is -0.416 e. The van der Waals surface area contributed by atoms with Gasteiger partial charge in [0.05, 0.1) is 22.1 Å². The second kappa shape index (κ2) is 22.4. The predicted octanol–water partition coefficient (Wildman–Crippen LogP) is 17.4. The molecule has 6 nitrogen and oxygen atoms in total. The molecule has 0 atom stereocenters. The van der Waals surface area contributed by atoms with Crippen LogP contribution >= 0.6 is 0 Å². The van der Waals surface area contributed by atoms with Gasteiger partial charge in [-0.3, -0.25) is 8.97 Å². The van der Waals surface area contributed by atoms with E-state index in [9.17, 15) is 0 Å². The van der Waals surface area contributed by atoms with Gasteiger partial charge in [-0.05, 0) is 193 Å². The average molecular weight is 1170 g/mol. The molecule has 13 aromatic carbocycles. The predicted molar refractivity (Wildman–Crippen MR) is 389 cm³/mol. The van der Waals surface area contributed by atoms with Crippen molar-refractivity contribution >= 4 is 82.2 Å². The van der Waals surface area contributed by atoms with Crippen molar-refractivity contribution in [2.45, 2.75) is 13.8 Å². The van der Waals surface area contributed by atoms with Crippen molar-refractivity contribution in [2.75, 3.05) is 14.2 Å². The third kappa shape index (κ3) is 8.89. The molecule has 17 rings (SSSR count). The average Bonchev–Trinajstić information content (AvgIpc) is 1.38. The van der Waals surface area contributed by atoms with Gasteiger partial charge in [0.15, 0.2) is 0 Å². The van der Waals surface area contributed by atoms with E-state index in [-0.39, 0.29) is 20.9 Å². The molecule has 430 valence electrons. The first-order chi connectivity index (χ1) is 45.5. The van der Waals surface area contributed by atoms with Crippen LogP contribution in [-0.2, 0) is 0 Å². The van der Waals surface area contributed by atoms with Gasteiger partial charge < -0.3 is 14.2 Å². The number of hydrogen-bond donors (Lipinski definition) is 0. The van der Waals surface area contributed by atoms with Crippen LogP contribution in [0.5, 0.6) is 0 Å². The zero-order valence-electron chi connectivity index (χ0n) is 51.0. The standard InChI is InChI=1S/C83H59B3N6/c1-4-59-52-75(60-29-27-34-64(54-60)86-91(66-37-16-8-17-38-66)84(62-30-10-5-11-31-62)90(65-35-14-7-15-36-65)85(63-32-12-6-13-33-63)92(86)67-39-18-9-19-40-67)58(3)76(53-59)61-48-50-73-69-41-20-21-42-70(69)74-51-49-68(56-78(74)72-44-23-22-43-71(72)77(73)55-61)88-79-45-24-25-46-80(79)89-81-47-26-28-57(2)82(81)87-83(88)89/h1,5-56H,2-3H3. The Morgan fingerprint density at radius 1 is 0.315 bits per heavy atom. The van der Waals surface area contributed by atoms with E-state index in [0.717, 1.165) is 117 Å². The minimum absolute atomic E-state index is 0.263. The Morgan fingerprint density at radius 2 is 0.728 bits per heavy atom. The third-order valence-corrected chi connectivity index (χ3v) is 19.0. The van der Waals surface area contributed by atoms with Crippen molar-refractivity contribution < 1.29 is 0 Å². The van der Waals surface area contributed by atoms with Crippen molar-refractivity contribution in [1.29, 1.82) is 0 Å². The lowest BCUT2D eigenvalue weighted by atomic mass is 9.37. The second-order valence-electron chi connectivity index (χ2n) is 24.2. The Kier molecular flexibility index (Phi) is 13.3. The van der Waals surface area contributed by atoms with Gasteiger partial charge in [-0.25, -0.2) is 4.98 Å². The van der Waals surface area contributed by atoms with Crippen molar-refractivity contribution in [3.8, 4) is 84.8 Å². The molecule has 0 N–H and O–H groups in total. The van der Waals surface area contributed by atoms with Gasteiger partial charge in [0, 0.05) is 28.3 Å². The van der Waals surface area contributed by atoms with E-state index in [0.29, 0.717) is 0 Å². The Hall–Kier alpha value is -11.7. The number of benzene rings is 13. The van der Waals surface area contributed by atoms with Gasteiger partial charge in [0.1, 0.15) is 0 Å². The van der Waals surface area contributed by atoms with Crippen molar-refractivity contribution in [1.82, 2.24) is 14.0 Å². The molecule has 2 aliphatic rings. The Bertz CT molecular complexity index is 5280. The number of rotatable bonds is 9. The summed E-state index contributed by atoms with van der Waals surface area (Å²) in [5.41, 5.74) is 29.0. The zero-order chi connectivity index (χ0) is 61.4. The minimum atomic E-state index is -0.331. The fourth-order valence-electron chi connectivity index (χ4n) is 15.0. The molecule has 0 radical (unpaired) electrons. The maximum atomic E-state index is 6.58. The molecular weight excluding hydrogens is 1110 g/mol. The molecule has 1 saturated heterocycles. The highest BCUT2D eigenvalue weighted by atomic mass is 15.3. The van der Waals surface area contributed by atoms with Gasteiger partial charge >= 0.3 is 20.9 Å². The van der Waals surface area contributed by atoms with E-state index >= 15 is 0 Å².